The van der Waals surface area contributed by atoms with Gasteiger partial charge in [0.05, 0.1) is 5.70 Å². The molecule has 0 radical (unpaired) electrons. The highest BCUT2D eigenvalue weighted by molar-refractivity contribution is 5.83. The Labute approximate surface area is 58.8 Å². The first kappa shape index (κ1) is 5.53. The minimum absolute atomic E-state index is 0.362. The first-order chi connectivity index (χ1) is 4.88. The fourth-order valence-electron chi connectivity index (χ4n) is 1.18. The van der Waals surface area contributed by atoms with E-state index in [1.165, 1.54) is 0 Å². The topological polar surface area (TPSA) is 44.6 Å². The number of nitrogens with zero attached hydrogens (tertiary/aromatic N) is 1. The van der Waals surface area contributed by atoms with Crippen molar-refractivity contribution in [2.45, 2.75) is 6.42 Å². The highest BCUT2D eigenvalue weighted by atomic mass is 16.3. The molecule has 2 aliphatic rings. The molecule has 1 heterocycles. The van der Waals surface area contributed by atoms with Crippen LogP contribution in [0.2, 0.25) is 0 Å². The number of aliphatic hydroxyl groups is 1. The van der Waals surface area contributed by atoms with Crippen molar-refractivity contribution in [2.24, 2.45) is 4.99 Å². The standard InChI is InChI=1S/C7H8N2O/c10-6-2-1-5-3-8-4-9-7(5)6/h2-3,9-10H,1,4H2. The van der Waals surface area contributed by atoms with E-state index < -0.39 is 0 Å². The third-order valence-electron chi connectivity index (χ3n) is 1.69. The van der Waals surface area contributed by atoms with Gasteiger partial charge in [-0.15, -0.1) is 0 Å². The maximum Gasteiger partial charge on any atom is 0.135 e. The van der Waals surface area contributed by atoms with Crippen LogP contribution in [0.1, 0.15) is 6.42 Å². The average Bonchev–Trinajstić information content (AvgIpc) is 2.34. The van der Waals surface area contributed by atoms with Crippen LogP contribution in [-0.4, -0.2) is 18.0 Å². The molecule has 0 atom stereocenters. The predicted octanol–water partition coefficient (Wildman–Crippen LogP) is 0.718. The number of aliphatic hydroxyl groups excluding tert-OH is 1. The molecule has 2 rings (SSSR count). The van der Waals surface area contributed by atoms with Gasteiger partial charge in [0.2, 0.25) is 0 Å². The molecule has 0 saturated heterocycles. The Bertz CT molecular complexity index is 250. The summed E-state index contributed by atoms with van der Waals surface area (Å²) >= 11 is 0. The molecule has 0 spiro atoms. The first-order valence-corrected chi connectivity index (χ1v) is 3.24. The van der Waals surface area contributed by atoms with E-state index in [-0.39, 0.29) is 0 Å². The smallest absolute Gasteiger partial charge is 0.135 e. The van der Waals surface area contributed by atoms with E-state index in [4.69, 9.17) is 0 Å². The van der Waals surface area contributed by atoms with E-state index in [1.807, 2.05) is 6.21 Å². The largest absolute Gasteiger partial charge is 0.506 e. The molecule has 52 valence electrons. The van der Waals surface area contributed by atoms with Crippen LogP contribution in [0.5, 0.6) is 0 Å². The zero-order chi connectivity index (χ0) is 6.97. The zero-order valence-electron chi connectivity index (χ0n) is 5.46. The Morgan fingerprint density at radius 3 is 3.30 bits per heavy atom. The summed E-state index contributed by atoms with van der Waals surface area (Å²) in [5, 5.41) is 12.2. The molecule has 0 amide bonds. The fourth-order valence-corrected chi connectivity index (χ4v) is 1.18. The van der Waals surface area contributed by atoms with Gasteiger partial charge in [0.15, 0.2) is 0 Å². The van der Waals surface area contributed by atoms with Crippen LogP contribution in [0.3, 0.4) is 0 Å². The van der Waals surface area contributed by atoms with Crippen LogP contribution >= 0.6 is 0 Å². The Balaban J connectivity index is 2.38. The lowest BCUT2D eigenvalue weighted by Gasteiger charge is -2.10. The summed E-state index contributed by atoms with van der Waals surface area (Å²) in [5.41, 5.74) is 1.94. The maximum absolute atomic E-state index is 9.20. The second-order valence-electron chi connectivity index (χ2n) is 2.34. The molecular weight excluding hydrogens is 128 g/mol. The molecule has 0 aromatic rings. The summed E-state index contributed by atoms with van der Waals surface area (Å²) in [5.74, 6) is 0.362. The normalized spacial score (nSPS) is 22.2. The van der Waals surface area contributed by atoms with Gasteiger partial charge in [-0.05, 0) is 12.5 Å². The number of allylic oxidation sites excluding steroid dienone is 2. The molecule has 0 fully saturated rings. The minimum atomic E-state index is 0.362. The summed E-state index contributed by atoms with van der Waals surface area (Å²) in [6, 6.07) is 0. The molecule has 1 aliphatic carbocycles. The molecule has 0 unspecified atom stereocenters. The molecule has 3 nitrogen and oxygen atoms in total. The molecule has 3 heteroatoms. The second-order valence-corrected chi connectivity index (χ2v) is 2.34. The van der Waals surface area contributed by atoms with Crippen molar-refractivity contribution in [1.82, 2.24) is 5.32 Å². The third kappa shape index (κ3) is 0.635. The molecule has 2 N–H and O–H groups in total. The van der Waals surface area contributed by atoms with Gasteiger partial charge in [0.25, 0.3) is 0 Å². The van der Waals surface area contributed by atoms with Crippen molar-refractivity contribution in [3.8, 4) is 0 Å². The van der Waals surface area contributed by atoms with Crippen molar-refractivity contribution < 1.29 is 5.11 Å². The molecule has 0 aromatic heterocycles. The predicted molar refractivity (Wildman–Crippen MR) is 38.8 cm³/mol. The van der Waals surface area contributed by atoms with E-state index in [2.05, 4.69) is 10.3 Å². The lowest BCUT2D eigenvalue weighted by Crippen LogP contribution is -2.19. The lowest BCUT2D eigenvalue weighted by molar-refractivity contribution is 0.415. The highest BCUT2D eigenvalue weighted by Crippen LogP contribution is 2.22. The summed E-state index contributed by atoms with van der Waals surface area (Å²) in [4.78, 5) is 4.02. The van der Waals surface area contributed by atoms with Gasteiger partial charge < -0.3 is 10.4 Å². The van der Waals surface area contributed by atoms with Gasteiger partial charge in [-0.3, -0.25) is 4.99 Å². The molecular formula is C7H8N2O. The monoisotopic (exact) mass is 136 g/mol. The highest BCUT2D eigenvalue weighted by Gasteiger charge is 2.16. The van der Waals surface area contributed by atoms with E-state index in [1.54, 1.807) is 6.08 Å². The van der Waals surface area contributed by atoms with Gasteiger partial charge in [-0.2, -0.15) is 0 Å². The summed E-state index contributed by atoms with van der Waals surface area (Å²) < 4.78 is 0. The van der Waals surface area contributed by atoms with E-state index in [9.17, 15) is 5.11 Å². The van der Waals surface area contributed by atoms with Crippen LogP contribution in [-0.2, 0) is 0 Å². The number of hydrogen-bond acceptors (Lipinski definition) is 3. The zero-order valence-corrected chi connectivity index (χ0v) is 5.46. The van der Waals surface area contributed by atoms with E-state index in [0.29, 0.717) is 12.4 Å². The Morgan fingerprint density at radius 1 is 1.60 bits per heavy atom. The van der Waals surface area contributed by atoms with Crippen LogP contribution in [0.15, 0.2) is 28.1 Å². The molecule has 0 saturated carbocycles. The number of aliphatic imine (C=N–C) groups is 1. The number of nitrogens with one attached hydrogen (secondary N) is 1. The first-order valence-electron chi connectivity index (χ1n) is 3.24. The molecule has 10 heavy (non-hydrogen) atoms. The summed E-state index contributed by atoms with van der Waals surface area (Å²) in [6.45, 7) is 0.580. The van der Waals surface area contributed by atoms with Gasteiger partial charge in [0.1, 0.15) is 12.4 Å². The van der Waals surface area contributed by atoms with Crippen molar-refractivity contribution in [2.75, 3.05) is 6.67 Å². The van der Waals surface area contributed by atoms with Crippen molar-refractivity contribution in [3.63, 3.8) is 0 Å². The lowest BCUT2D eigenvalue weighted by atomic mass is 10.2. The van der Waals surface area contributed by atoms with Gasteiger partial charge in [-0.25, -0.2) is 0 Å². The molecule has 0 aromatic carbocycles. The van der Waals surface area contributed by atoms with Crippen LogP contribution in [0.4, 0.5) is 0 Å². The quantitative estimate of drug-likeness (QED) is 0.515. The molecule has 0 bridgehead atoms. The second kappa shape index (κ2) is 1.87. The SMILES string of the molecule is OC1=CCC2=C1NCN=C2. The Hall–Kier alpha value is -1.25. The van der Waals surface area contributed by atoms with E-state index in [0.717, 1.165) is 17.7 Å². The minimum Gasteiger partial charge on any atom is -0.506 e. The van der Waals surface area contributed by atoms with Crippen molar-refractivity contribution >= 4 is 6.21 Å². The van der Waals surface area contributed by atoms with Crippen LogP contribution in [0, 0.1) is 0 Å². The Morgan fingerprint density at radius 2 is 2.50 bits per heavy atom. The van der Waals surface area contributed by atoms with Crippen molar-refractivity contribution in [1.29, 1.82) is 0 Å². The summed E-state index contributed by atoms with van der Waals surface area (Å²) in [7, 11) is 0. The molecule has 1 aliphatic heterocycles. The van der Waals surface area contributed by atoms with Gasteiger partial charge >= 0.3 is 0 Å². The number of rotatable bonds is 0. The van der Waals surface area contributed by atoms with Crippen molar-refractivity contribution in [3.05, 3.63) is 23.1 Å². The Kier molecular flexibility index (Phi) is 1.03. The van der Waals surface area contributed by atoms with Gasteiger partial charge in [-0.1, -0.05) is 0 Å². The van der Waals surface area contributed by atoms with E-state index >= 15 is 0 Å². The average molecular weight is 136 g/mol. The number of hydrogen-bond donors (Lipinski definition) is 2. The maximum atomic E-state index is 9.20. The van der Waals surface area contributed by atoms with Crippen LogP contribution < -0.4 is 5.32 Å². The third-order valence-corrected chi connectivity index (χ3v) is 1.69. The van der Waals surface area contributed by atoms with Gasteiger partial charge in [0, 0.05) is 11.8 Å². The fraction of sp³-hybridized carbons (Fsp3) is 0.286. The summed E-state index contributed by atoms with van der Waals surface area (Å²) in [6.07, 6.45) is 4.40. The van der Waals surface area contributed by atoms with Crippen LogP contribution in [0.25, 0.3) is 0 Å².